The minimum atomic E-state index is 0.426. The number of hydrogen-bond donors (Lipinski definition) is 1. The second-order valence-corrected chi connectivity index (χ2v) is 5.27. The number of nitrogens with zero attached hydrogens (tertiary/aromatic N) is 4. The van der Waals surface area contributed by atoms with Gasteiger partial charge >= 0.3 is 0 Å². The highest BCUT2D eigenvalue weighted by Gasteiger charge is 2.18. The van der Waals surface area contributed by atoms with Crippen LogP contribution in [-0.2, 0) is 0 Å². The lowest BCUT2D eigenvalue weighted by molar-refractivity contribution is 0.847. The van der Waals surface area contributed by atoms with E-state index in [0.29, 0.717) is 5.95 Å². The van der Waals surface area contributed by atoms with Crippen molar-refractivity contribution in [1.29, 1.82) is 0 Å². The van der Waals surface area contributed by atoms with Crippen LogP contribution in [-0.4, -0.2) is 27.9 Å². The maximum Gasteiger partial charge on any atom is 0.246 e. The number of rotatable bonds is 2. The van der Waals surface area contributed by atoms with Crippen LogP contribution in [0.4, 0.5) is 11.9 Å². The van der Waals surface area contributed by atoms with E-state index in [9.17, 15) is 0 Å². The molecule has 0 spiro atoms. The molecule has 94 valence electrons. The van der Waals surface area contributed by atoms with E-state index in [0.717, 1.165) is 29.2 Å². The normalized spacial score (nSPS) is 15.3. The monoisotopic (exact) mass is 307 g/mol. The zero-order valence-electron chi connectivity index (χ0n) is 9.88. The average molecular weight is 308 g/mol. The van der Waals surface area contributed by atoms with Gasteiger partial charge in [-0.25, -0.2) is 0 Å². The Morgan fingerprint density at radius 3 is 2.72 bits per heavy atom. The van der Waals surface area contributed by atoms with Crippen LogP contribution in [0.5, 0.6) is 0 Å². The lowest BCUT2D eigenvalue weighted by Crippen LogP contribution is -2.19. The van der Waals surface area contributed by atoms with Crippen LogP contribution in [0.3, 0.4) is 0 Å². The van der Waals surface area contributed by atoms with Gasteiger partial charge in [-0.3, -0.25) is 0 Å². The molecule has 1 aliphatic rings. The highest BCUT2D eigenvalue weighted by molar-refractivity contribution is 9.10. The summed E-state index contributed by atoms with van der Waals surface area (Å²) in [4.78, 5) is 6.51. The highest BCUT2D eigenvalue weighted by atomic mass is 79.9. The SMILES string of the molecule is Nc1nc(N2CCCC2)nn1-c1cccc(Br)c1. The molecular weight excluding hydrogens is 294 g/mol. The second kappa shape index (κ2) is 4.61. The summed E-state index contributed by atoms with van der Waals surface area (Å²) >= 11 is 3.44. The van der Waals surface area contributed by atoms with Crippen molar-refractivity contribution < 1.29 is 0 Å². The van der Waals surface area contributed by atoms with Crippen molar-refractivity contribution in [2.75, 3.05) is 23.7 Å². The van der Waals surface area contributed by atoms with Crippen LogP contribution in [0.2, 0.25) is 0 Å². The fourth-order valence-electron chi connectivity index (χ4n) is 2.16. The van der Waals surface area contributed by atoms with E-state index in [4.69, 9.17) is 5.73 Å². The predicted molar refractivity (Wildman–Crippen MR) is 74.9 cm³/mol. The number of benzene rings is 1. The molecule has 0 unspecified atom stereocenters. The minimum Gasteiger partial charge on any atom is -0.368 e. The quantitative estimate of drug-likeness (QED) is 0.924. The van der Waals surface area contributed by atoms with Gasteiger partial charge in [-0.05, 0) is 31.0 Å². The lowest BCUT2D eigenvalue weighted by atomic mass is 10.3. The van der Waals surface area contributed by atoms with Gasteiger partial charge in [-0.15, -0.1) is 5.10 Å². The second-order valence-electron chi connectivity index (χ2n) is 4.36. The molecule has 6 heteroatoms. The first kappa shape index (κ1) is 11.5. The molecule has 0 atom stereocenters. The fourth-order valence-corrected chi connectivity index (χ4v) is 2.55. The van der Waals surface area contributed by atoms with E-state index < -0.39 is 0 Å². The number of anilines is 2. The first-order chi connectivity index (χ1) is 8.74. The highest BCUT2D eigenvalue weighted by Crippen LogP contribution is 2.21. The third-order valence-corrected chi connectivity index (χ3v) is 3.56. The average Bonchev–Trinajstić information content (AvgIpc) is 2.97. The Labute approximate surface area is 114 Å². The van der Waals surface area contributed by atoms with Crippen molar-refractivity contribution in [3.05, 3.63) is 28.7 Å². The smallest absolute Gasteiger partial charge is 0.246 e. The van der Waals surface area contributed by atoms with Gasteiger partial charge in [0.25, 0.3) is 0 Å². The van der Waals surface area contributed by atoms with Crippen molar-refractivity contribution >= 4 is 27.8 Å². The maximum atomic E-state index is 5.94. The van der Waals surface area contributed by atoms with Gasteiger partial charge < -0.3 is 10.6 Å². The van der Waals surface area contributed by atoms with Gasteiger partial charge in [0, 0.05) is 17.6 Å². The number of nitrogen functional groups attached to an aromatic ring is 1. The van der Waals surface area contributed by atoms with Crippen molar-refractivity contribution in [2.45, 2.75) is 12.8 Å². The van der Waals surface area contributed by atoms with Gasteiger partial charge in [0.15, 0.2) is 0 Å². The Hall–Kier alpha value is -1.56. The molecule has 0 bridgehead atoms. The molecule has 2 aromatic rings. The Morgan fingerprint density at radius 1 is 1.22 bits per heavy atom. The zero-order chi connectivity index (χ0) is 12.5. The first-order valence-electron chi connectivity index (χ1n) is 5.97. The summed E-state index contributed by atoms with van der Waals surface area (Å²) in [6.45, 7) is 2.03. The molecule has 2 heterocycles. The minimum absolute atomic E-state index is 0.426. The Morgan fingerprint density at radius 2 is 2.00 bits per heavy atom. The molecule has 3 rings (SSSR count). The summed E-state index contributed by atoms with van der Waals surface area (Å²) in [5, 5.41) is 4.49. The zero-order valence-corrected chi connectivity index (χ0v) is 11.5. The number of nitrogens with two attached hydrogens (primary N) is 1. The van der Waals surface area contributed by atoms with Crippen LogP contribution >= 0.6 is 15.9 Å². The van der Waals surface area contributed by atoms with Gasteiger partial charge in [-0.1, -0.05) is 22.0 Å². The number of halogens is 1. The molecule has 0 aliphatic carbocycles. The molecular formula is C12H14BrN5. The van der Waals surface area contributed by atoms with Crippen LogP contribution in [0.25, 0.3) is 5.69 Å². The third kappa shape index (κ3) is 2.08. The van der Waals surface area contributed by atoms with Crippen LogP contribution in [0.15, 0.2) is 28.7 Å². The lowest BCUT2D eigenvalue weighted by Gasteiger charge is -2.10. The van der Waals surface area contributed by atoms with E-state index in [2.05, 4.69) is 30.9 Å². The van der Waals surface area contributed by atoms with E-state index in [-0.39, 0.29) is 0 Å². The van der Waals surface area contributed by atoms with E-state index in [1.165, 1.54) is 12.8 Å². The summed E-state index contributed by atoms with van der Waals surface area (Å²) < 4.78 is 2.68. The van der Waals surface area contributed by atoms with E-state index in [1.807, 2.05) is 24.3 Å². The third-order valence-electron chi connectivity index (χ3n) is 3.06. The Bertz CT molecular complexity index is 559. The van der Waals surface area contributed by atoms with E-state index in [1.54, 1.807) is 4.68 Å². The van der Waals surface area contributed by atoms with Crippen LogP contribution in [0.1, 0.15) is 12.8 Å². The standard InChI is InChI=1S/C12H14BrN5/c13-9-4-3-5-10(8-9)18-11(14)15-12(16-18)17-6-1-2-7-17/h3-5,8H,1-2,6-7H2,(H2,14,15,16). The van der Waals surface area contributed by atoms with Crippen LogP contribution < -0.4 is 10.6 Å². The molecule has 0 amide bonds. The molecule has 1 aromatic carbocycles. The molecule has 5 nitrogen and oxygen atoms in total. The molecule has 0 saturated carbocycles. The van der Waals surface area contributed by atoms with E-state index >= 15 is 0 Å². The van der Waals surface area contributed by atoms with Crippen LogP contribution in [0, 0.1) is 0 Å². The molecule has 1 saturated heterocycles. The Balaban J connectivity index is 1.97. The summed E-state index contributed by atoms with van der Waals surface area (Å²) in [5.74, 6) is 1.15. The summed E-state index contributed by atoms with van der Waals surface area (Å²) in [6.07, 6.45) is 2.40. The molecule has 1 aliphatic heterocycles. The van der Waals surface area contributed by atoms with Crippen molar-refractivity contribution in [1.82, 2.24) is 14.8 Å². The summed E-state index contributed by atoms with van der Waals surface area (Å²) in [6, 6.07) is 7.86. The summed E-state index contributed by atoms with van der Waals surface area (Å²) in [5.41, 5.74) is 6.85. The maximum absolute atomic E-state index is 5.94. The summed E-state index contributed by atoms with van der Waals surface area (Å²) in [7, 11) is 0. The van der Waals surface area contributed by atoms with Gasteiger partial charge in [0.05, 0.1) is 5.69 Å². The largest absolute Gasteiger partial charge is 0.368 e. The predicted octanol–water partition coefficient (Wildman–Crippen LogP) is 2.21. The van der Waals surface area contributed by atoms with Gasteiger partial charge in [-0.2, -0.15) is 9.67 Å². The van der Waals surface area contributed by atoms with Crippen molar-refractivity contribution in [2.24, 2.45) is 0 Å². The molecule has 0 radical (unpaired) electrons. The topological polar surface area (TPSA) is 60.0 Å². The molecule has 18 heavy (non-hydrogen) atoms. The molecule has 1 fully saturated rings. The molecule has 2 N–H and O–H groups in total. The molecule has 1 aromatic heterocycles. The van der Waals surface area contributed by atoms with Gasteiger partial charge in [0.2, 0.25) is 11.9 Å². The fraction of sp³-hybridized carbons (Fsp3) is 0.333. The first-order valence-corrected chi connectivity index (χ1v) is 6.77. The van der Waals surface area contributed by atoms with Gasteiger partial charge in [0.1, 0.15) is 0 Å². The van der Waals surface area contributed by atoms with Crippen molar-refractivity contribution in [3.63, 3.8) is 0 Å². The number of hydrogen-bond acceptors (Lipinski definition) is 4. The Kier molecular flexibility index (Phi) is 2.95. The van der Waals surface area contributed by atoms with Crippen molar-refractivity contribution in [3.8, 4) is 5.69 Å². The number of aromatic nitrogens is 3.